The SMILES string of the molecule is CCCNC(=O)NCc1nc2cc(C(=O)O)ccc2n1CCN1CCOCC1. The number of imidazole rings is 1. The molecule has 0 radical (unpaired) electrons. The molecule has 3 rings (SSSR count). The van der Waals surface area contributed by atoms with E-state index in [2.05, 4.69) is 25.1 Å². The largest absolute Gasteiger partial charge is 0.478 e. The maximum atomic E-state index is 11.9. The van der Waals surface area contributed by atoms with Gasteiger partial charge in [0.2, 0.25) is 0 Å². The van der Waals surface area contributed by atoms with Crippen LogP contribution in [-0.4, -0.2) is 71.0 Å². The van der Waals surface area contributed by atoms with Gasteiger partial charge in [-0.3, -0.25) is 4.90 Å². The van der Waals surface area contributed by atoms with Crippen molar-refractivity contribution in [2.75, 3.05) is 39.4 Å². The van der Waals surface area contributed by atoms with E-state index in [1.165, 1.54) is 0 Å². The van der Waals surface area contributed by atoms with E-state index >= 15 is 0 Å². The number of fused-ring (bicyclic) bond motifs is 1. The number of aromatic carboxylic acids is 1. The summed E-state index contributed by atoms with van der Waals surface area (Å²) < 4.78 is 7.44. The molecule has 1 saturated heterocycles. The summed E-state index contributed by atoms with van der Waals surface area (Å²) in [5.74, 6) is -0.277. The lowest BCUT2D eigenvalue weighted by molar-refractivity contribution is 0.0364. The van der Waals surface area contributed by atoms with Crippen molar-refractivity contribution in [3.63, 3.8) is 0 Å². The van der Waals surface area contributed by atoms with Gasteiger partial charge in [-0.05, 0) is 24.6 Å². The molecule has 1 aromatic heterocycles. The van der Waals surface area contributed by atoms with Gasteiger partial charge >= 0.3 is 12.0 Å². The third-order valence-electron chi connectivity index (χ3n) is 4.76. The van der Waals surface area contributed by atoms with E-state index in [1.807, 2.05) is 6.92 Å². The van der Waals surface area contributed by atoms with Crippen molar-refractivity contribution in [3.8, 4) is 0 Å². The van der Waals surface area contributed by atoms with Gasteiger partial charge < -0.3 is 25.0 Å². The highest BCUT2D eigenvalue weighted by Gasteiger charge is 2.16. The zero-order valence-corrected chi connectivity index (χ0v) is 16.1. The Hall–Kier alpha value is -2.65. The van der Waals surface area contributed by atoms with Gasteiger partial charge in [0.1, 0.15) is 5.82 Å². The minimum absolute atomic E-state index is 0.200. The third-order valence-corrected chi connectivity index (χ3v) is 4.76. The zero-order valence-electron chi connectivity index (χ0n) is 16.1. The number of ether oxygens (including phenoxy) is 1. The minimum Gasteiger partial charge on any atom is -0.478 e. The summed E-state index contributed by atoms with van der Waals surface area (Å²) >= 11 is 0. The van der Waals surface area contributed by atoms with Crippen molar-refractivity contribution >= 4 is 23.0 Å². The lowest BCUT2D eigenvalue weighted by atomic mass is 10.2. The highest BCUT2D eigenvalue weighted by Crippen LogP contribution is 2.19. The highest BCUT2D eigenvalue weighted by molar-refractivity contribution is 5.92. The second kappa shape index (κ2) is 9.52. The predicted octanol–water partition coefficient (Wildman–Crippen LogP) is 1.28. The third kappa shape index (κ3) is 4.99. The van der Waals surface area contributed by atoms with Crippen LogP contribution in [0.15, 0.2) is 18.2 Å². The van der Waals surface area contributed by atoms with E-state index in [9.17, 15) is 14.7 Å². The first-order valence-electron chi connectivity index (χ1n) is 9.62. The predicted molar refractivity (Wildman–Crippen MR) is 104 cm³/mol. The molecule has 152 valence electrons. The van der Waals surface area contributed by atoms with Crippen molar-refractivity contribution in [1.82, 2.24) is 25.1 Å². The molecular formula is C19H27N5O4. The molecular weight excluding hydrogens is 362 g/mol. The summed E-state index contributed by atoms with van der Waals surface area (Å²) in [5, 5.41) is 14.8. The van der Waals surface area contributed by atoms with Crippen LogP contribution in [0.2, 0.25) is 0 Å². The molecule has 2 aromatic rings. The Morgan fingerprint density at radius 2 is 2.00 bits per heavy atom. The minimum atomic E-state index is -0.983. The average molecular weight is 389 g/mol. The van der Waals surface area contributed by atoms with Crippen molar-refractivity contribution < 1.29 is 19.4 Å². The molecule has 9 nitrogen and oxygen atoms in total. The quantitative estimate of drug-likeness (QED) is 0.628. The molecule has 28 heavy (non-hydrogen) atoms. The molecule has 2 amide bonds. The summed E-state index contributed by atoms with van der Waals surface area (Å²) in [5.41, 5.74) is 1.68. The molecule has 0 saturated carbocycles. The summed E-state index contributed by atoms with van der Waals surface area (Å²) in [4.78, 5) is 30.1. The van der Waals surface area contributed by atoms with E-state index < -0.39 is 5.97 Å². The zero-order chi connectivity index (χ0) is 19.9. The van der Waals surface area contributed by atoms with Gasteiger partial charge in [0.05, 0.1) is 36.4 Å². The van der Waals surface area contributed by atoms with Gasteiger partial charge in [-0.2, -0.15) is 0 Å². The molecule has 2 heterocycles. The van der Waals surface area contributed by atoms with Gasteiger partial charge in [-0.1, -0.05) is 6.92 Å². The number of benzene rings is 1. The fourth-order valence-electron chi connectivity index (χ4n) is 3.22. The lowest BCUT2D eigenvalue weighted by Crippen LogP contribution is -2.39. The molecule has 0 aliphatic carbocycles. The number of nitrogens with zero attached hydrogens (tertiary/aromatic N) is 3. The summed E-state index contributed by atoms with van der Waals surface area (Å²) in [7, 11) is 0. The molecule has 9 heteroatoms. The topological polar surface area (TPSA) is 109 Å². The first-order chi connectivity index (χ1) is 13.6. The highest BCUT2D eigenvalue weighted by atomic mass is 16.5. The molecule has 1 aromatic carbocycles. The van der Waals surface area contributed by atoms with Crippen molar-refractivity contribution in [2.45, 2.75) is 26.4 Å². The second-order valence-corrected chi connectivity index (χ2v) is 6.75. The van der Waals surface area contributed by atoms with Crippen molar-refractivity contribution in [3.05, 3.63) is 29.6 Å². The standard InChI is InChI=1S/C19H27N5O4/c1-2-5-20-19(27)21-13-17-22-15-12-14(18(25)26)3-4-16(15)24(17)7-6-23-8-10-28-11-9-23/h3-4,12H,2,5-11,13H2,1H3,(H,25,26)(H2,20,21,27). The molecule has 0 bridgehead atoms. The average Bonchev–Trinajstić information content (AvgIpc) is 3.06. The normalized spacial score (nSPS) is 14.9. The number of amides is 2. The van der Waals surface area contributed by atoms with E-state index in [1.54, 1.807) is 18.2 Å². The molecule has 0 unspecified atom stereocenters. The Labute approximate surface area is 163 Å². The van der Waals surface area contributed by atoms with E-state index in [-0.39, 0.29) is 18.1 Å². The Morgan fingerprint density at radius 3 is 2.71 bits per heavy atom. The summed E-state index contributed by atoms with van der Waals surface area (Å²) in [6.07, 6.45) is 0.865. The number of rotatable bonds is 8. The number of aromatic nitrogens is 2. The Balaban J connectivity index is 1.79. The van der Waals surface area contributed by atoms with Gasteiger partial charge in [-0.15, -0.1) is 0 Å². The molecule has 1 fully saturated rings. The summed E-state index contributed by atoms with van der Waals surface area (Å²) in [6, 6.07) is 4.71. The van der Waals surface area contributed by atoms with E-state index in [0.29, 0.717) is 24.4 Å². The number of carboxylic acids is 1. The van der Waals surface area contributed by atoms with Crippen molar-refractivity contribution in [1.29, 1.82) is 0 Å². The molecule has 1 aliphatic heterocycles. The second-order valence-electron chi connectivity index (χ2n) is 6.75. The van der Waals surface area contributed by atoms with Crippen LogP contribution in [0.1, 0.15) is 29.5 Å². The van der Waals surface area contributed by atoms with Crippen LogP contribution >= 0.6 is 0 Å². The smallest absolute Gasteiger partial charge is 0.335 e. The van der Waals surface area contributed by atoms with E-state index in [0.717, 1.165) is 44.8 Å². The first-order valence-corrected chi connectivity index (χ1v) is 9.62. The number of nitrogens with one attached hydrogen (secondary N) is 2. The van der Waals surface area contributed by atoms with Gasteiger partial charge in [-0.25, -0.2) is 14.6 Å². The van der Waals surface area contributed by atoms with E-state index in [4.69, 9.17) is 4.74 Å². The fourth-order valence-corrected chi connectivity index (χ4v) is 3.22. The van der Waals surface area contributed by atoms with Gasteiger partial charge in [0.15, 0.2) is 0 Å². The van der Waals surface area contributed by atoms with Crippen LogP contribution < -0.4 is 10.6 Å². The maximum Gasteiger partial charge on any atom is 0.335 e. The fraction of sp³-hybridized carbons (Fsp3) is 0.526. The number of hydrogen-bond donors (Lipinski definition) is 3. The summed E-state index contributed by atoms with van der Waals surface area (Å²) in [6.45, 7) is 7.67. The molecule has 3 N–H and O–H groups in total. The number of carbonyl (C=O) groups excluding carboxylic acids is 1. The lowest BCUT2D eigenvalue weighted by Gasteiger charge is -2.27. The Kier molecular flexibility index (Phi) is 6.83. The number of morpholine rings is 1. The monoisotopic (exact) mass is 389 g/mol. The van der Waals surface area contributed by atoms with Gasteiger partial charge in [0, 0.05) is 32.7 Å². The van der Waals surface area contributed by atoms with Crippen LogP contribution in [0.4, 0.5) is 4.79 Å². The molecule has 1 aliphatic rings. The Morgan fingerprint density at radius 1 is 1.21 bits per heavy atom. The number of urea groups is 1. The van der Waals surface area contributed by atoms with Crippen molar-refractivity contribution in [2.24, 2.45) is 0 Å². The van der Waals surface area contributed by atoms with Gasteiger partial charge in [0.25, 0.3) is 0 Å². The number of carbonyl (C=O) groups is 2. The number of hydrogen-bond acceptors (Lipinski definition) is 5. The van der Waals surface area contributed by atoms with Crippen LogP contribution in [0, 0.1) is 0 Å². The van der Waals surface area contributed by atoms with Crippen LogP contribution in [0.3, 0.4) is 0 Å². The molecule has 0 spiro atoms. The van der Waals surface area contributed by atoms with Crippen LogP contribution in [-0.2, 0) is 17.8 Å². The van der Waals surface area contributed by atoms with Crippen LogP contribution in [0.5, 0.6) is 0 Å². The first kappa shape index (κ1) is 20.1. The number of carboxylic acid groups (broad SMARTS) is 1. The maximum absolute atomic E-state index is 11.9. The molecule has 0 atom stereocenters. The Bertz CT molecular complexity index is 829. The van der Waals surface area contributed by atoms with Crippen LogP contribution in [0.25, 0.3) is 11.0 Å².